The van der Waals surface area contributed by atoms with Gasteiger partial charge in [-0.2, -0.15) is 5.10 Å². The summed E-state index contributed by atoms with van der Waals surface area (Å²) in [5.74, 6) is 1.90. The van der Waals surface area contributed by atoms with Crippen molar-refractivity contribution in [2.75, 3.05) is 24.4 Å². The molecule has 5 rings (SSSR count). The summed E-state index contributed by atoms with van der Waals surface area (Å²) in [4.78, 5) is 13.3. The van der Waals surface area contributed by atoms with Gasteiger partial charge in [0.1, 0.15) is 22.9 Å². The van der Waals surface area contributed by atoms with Gasteiger partial charge in [0.25, 0.3) is 5.91 Å². The van der Waals surface area contributed by atoms with Gasteiger partial charge >= 0.3 is 0 Å². The highest BCUT2D eigenvalue weighted by atomic mass is 16.5. The number of benzene rings is 3. The maximum atomic E-state index is 13.3. The third-order valence-electron chi connectivity index (χ3n) is 6.10. The van der Waals surface area contributed by atoms with Crippen LogP contribution in [0.5, 0.6) is 11.5 Å². The number of aromatic nitrogens is 2. The summed E-state index contributed by atoms with van der Waals surface area (Å²) < 4.78 is 12.8. The minimum absolute atomic E-state index is 0.185. The van der Waals surface area contributed by atoms with E-state index in [2.05, 4.69) is 53.0 Å². The summed E-state index contributed by atoms with van der Waals surface area (Å²) in [5, 5.41) is 11.0. The molecule has 0 saturated carbocycles. The molecule has 0 saturated heterocycles. The van der Waals surface area contributed by atoms with Gasteiger partial charge in [-0.05, 0) is 61.9 Å². The summed E-state index contributed by atoms with van der Waals surface area (Å²) >= 11 is 0. The van der Waals surface area contributed by atoms with E-state index in [0.717, 1.165) is 28.3 Å². The first kappa shape index (κ1) is 23.2. The lowest BCUT2D eigenvalue weighted by Crippen LogP contribution is -2.22. The van der Waals surface area contributed by atoms with Gasteiger partial charge in [-0.15, -0.1) is 0 Å². The molecule has 1 aliphatic heterocycles. The largest absolute Gasteiger partial charge is 0.497 e. The predicted octanol–water partition coefficient (Wildman–Crippen LogP) is 5.91. The van der Waals surface area contributed by atoms with E-state index in [9.17, 15) is 4.79 Å². The number of methoxy groups -OCH3 is 1. The molecule has 7 heteroatoms. The average molecular weight is 481 g/mol. The zero-order valence-electron chi connectivity index (χ0n) is 20.5. The van der Waals surface area contributed by atoms with Gasteiger partial charge < -0.3 is 20.1 Å². The highest BCUT2D eigenvalue weighted by molar-refractivity contribution is 6.08. The molecule has 0 unspecified atom stereocenters. The van der Waals surface area contributed by atoms with Crippen LogP contribution in [-0.4, -0.2) is 29.4 Å². The Bertz CT molecular complexity index is 1410. The first-order chi connectivity index (χ1) is 17.6. The first-order valence-electron chi connectivity index (χ1n) is 11.9. The van der Waals surface area contributed by atoms with Crippen molar-refractivity contribution < 1.29 is 14.3 Å². The second-order valence-corrected chi connectivity index (χ2v) is 8.56. The predicted molar refractivity (Wildman–Crippen MR) is 142 cm³/mol. The van der Waals surface area contributed by atoms with Crippen LogP contribution in [-0.2, 0) is 0 Å². The van der Waals surface area contributed by atoms with E-state index >= 15 is 0 Å². The maximum absolute atomic E-state index is 13.3. The third kappa shape index (κ3) is 4.68. The molecule has 182 valence electrons. The minimum Gasteiger partial charge on any atom is -0.497 e. The van der Waals surface area contributed by atoms with E-state index in [-0.39, 0.29) is 11.9 Å². The Hall–Kier alpha value is -4.52. The Balaban J connectivity index is 1.50. The monoisotopic (exact) mass is 480 g/mol. The van der Waals surface area contributed by atoms with Gasteiger partial charge in [0.05, 0.1) is 26.0 Å². The molecule has 36 heavy (non-hydrogen) atoms. The number of ether oxygens (including phenoxy) is 2. The average Bonchev–Trinajstić information content (AvgIpc) is 3.34. The molecule has 0 radical (unpaired) electrons. The third-order valence-corrected chi connectivity index (χ3v) is 6.10. The molecule has 3 aromatic carbocycles. The topological polar surface area (TPSA) is 77.4 Å². The van der Waals surface area contributed by atoms with Gasteiger partial charge in [-0.3, -0.25) is 4.79 Å². The Morgan fingerprint density at radius 2 is 1.83 bits per heavy atom. The van der Waals surface area contributed by atoms with Crippen molar-refractivity contribution in [3.63, 3.8) is 0 Å². The summed E-state index contributed by atoms with van der Waals surface area (Å²) in [5.41, 5.74) is 5.22. The molecule has 4 aromatic rings. The van der Waals surface area contributed by atoms with Crippen molar-refractivity contribution >= 4 is 23.1 Å². The van der Waals surface area contributed by atoms with Gasteiger partial charge in [0.15, 0.2) is 0 Å². The van der Waals surface area contributed by atoms with Gasteiger partial charge in [-0.25, -0.2) is 4.68 Å². The van der Waals surface area contributed by atoms with Crippen LogP contribution in [0.2, 0.25) is 0 Å². The first-order valence-corrected chi connectivity index (χ1v) is 11.9. The molecular formula is C29H28N4O3. The molecule has 7 nitrogen and oxygen atoms in total. The molecule has 0 aliphatic carbocycles. The summed E-state index contributed by atoms with van der Waals surface area (Å²) in [7, 11) is 1.65. The fourth-order valence-corrected chi connectivity index (χ4v) is 4.22. The van der Waals surface area contributed by atoms with Crippen LogP contribution in [0.15, 0.2) is 85.1 Å². The Morgan fingerprint density at radius 3 is 2.56 bits per heavy atom. The number of nitrogens with one attached hydrogen (secondary N) is 2. The van der Waals surface area contributed by atoms with Crippen LogP contribution in [0.4, 0.5) is 11.5 Å². The van der Waals surface area contributed by atoms with E-state index in [1.54, 1.807) is 13.3 Å². The van der Waals surface area contributed by atoms with Crippen LogP contribution in [0.3, 0.4) is 0 Å². The molecule has 0 fully saturated rings. The van der Waals surface area contributed by atoms with Gasteiger partial charge in [0, 0.05) is 16.9 Å². The van der Waals surface area contributed by atoms with Crippen LogP contribution < -0.4 is 20.1 Å². The van der Waals surface area contributed by atoms with Gasteiger partial charge in [0.2, 0.25) is 0 Å². The molecule has 2 heterocycles. The van der Waals surface area contributed by atoms with E-state index in [1.165, 1.54) is 5.56 Å². The number of carbonyl (C=O) groups excluding carboxylic acids is 1. The van der Waals surface area contributed by atoms with Gasteiger partial charge in [-0.1, -0.05) is 42.0 Å². The van der Waals surface area contributed by atoms with Crippen molar-refractivity contribution in [3.05, 3.63) is 107 Å². The summed E-state index contributed by atoms with van der Waals surface area (Å²) in [6.45, 7) is 4.58. The smallest absolute Gasteiger partial charge is 0.261 e. The molecule has 1 atom stereocenters. The number of hydrogen-bond acceptors (Lipinski definition) is 5. The number of amides is 1. The highest BCUT2D eigenvalue weighted by Gasteiger charge is 2.28. The number of nitrogens with zero attached hydrogens (tertiary/aromatic N) is 2. The fourth-order valence-electron chi connectivity index (χ4n) is 4.22. The minimum atomic E-state index is -0.248. The summed E-state index contributed by atoms with van der Waals surface area (Å²) in [6.07, 6.45) is 3.73. The second kappa shape index (κ2) is 10.00. The van der Waals surface area contributed by atoms with Crippen LogP contribution in [0.25, 0.3) is 5.70 Å². The number of aryl methyl sites for hydroxylation is 1. The number of allylic oxidation sites excluding steroid dienone is 1. The van der Waals surface area contributed by atoms with E-state index < -0.39 is 0 Å². The van der Waals surface area contributed by atoms with Crippen molar-refractivity contribution in [1.82, 2.24) is 9.78 Å². The summed E-state index contributed by atoms with van der Waals surface area (Å²) in [6, 6.07) is 23.3. The maximum Gasteiger partial charge on any atom is 0.261 e. The molecule has 1 amide bonds. The lowest BCUT2D eigenvalue weighted by molar-refractivity contribution is 0.102. The number of anilines is 2. The van der Waals surface area contributed by atoms with E-state index in [1.807, 2.05) is 60.1 Å². The van der Waals surface area contributed by atoms with Crippen molar-refractivity contribution in [2.45, 2.75) is 19.9 Å². The standard InChI is InChI=1S/C29H28N4O3/c1-4-36-23-14-12-22(13-15-23)31-29(34)25-18-30-33-27(20-10-8-19(2)9-11-20)17-26(32-28(25)33)21-6-5-7-24(16-21)35-3/h5-18,27,32H,4H2,1-3H3,(H,31,34)/t27-/m1/s1. The Labute approximate surface area is 210 Å². The number of hydrogen-bond donors (Lipinski definition) is 2. The van der Waals surface area contributed by atoms with E-state index in [4.69, 9.17) is 9.47 Å². The molecule has 0 spiro atoms. The van der Waals surface area contributed by atoms with Crippen molar-refractivity contribution in [3.8, 4) is 11.5 Å². The molecular weight excluding hydrogens is 452 g/mol. The lowest BCUT2D eigenvalue weighted by Gasteiger charge is -2.26. The Morgan fingerprint density at radius 1 is 1.06 bits per heavy atom. The van der Waals surface area contributed by atoms with Crippen LogP contribution >= 0.6 is 0 Å². The fraction of sp³-hybridized carbons (Fsp3) is 0.172. The second-order valence-electron chi connectivity index (χ2n) is 8.56. The Kier molecular flexibility index (Phi) is 6.45. The molecule has 1 aromatic heterocycles. The lowest BCUT2D eigenvalue weighted by atomic mass is 10.00. The normalized spacial score (nSPS) is 14.3. The zero-order valence-corrected chi connectivity index (χ0v) is 20.5. The number of fused-ring (bicyclic) bond motifs is 1. The SMILES string of the molecule is CCOc1ccc(NC(=O)c2cnn3c2NC(c2cccc(OC)c2)=C[C@@H]3c2ccc(C)cc2)cc1. The zero-order chi connectivity index (χ0) is 25.1. The quantitative estimate of drug-likeness (QED) is 0.344. The van der Waals surface area contributed by atoms with E-state index in [0.29, 0.717) is 23.7 Å². The van der Waals surface area contributed by atoms with Crippen LogP contribution in [0, 0.1) is 6.92 Å². The molecule has 2 N–H and O–H groups in total. The van der Waals surface area contributed by atoms with Crippen molar-refractivity contribution in [1.29, 1.82) is 0 Å². The molecule has 1 aliphatic rings. The number of carbonyl (C=O) groups is 1. The van der Waals surface area contributed by atoms with Crippen molar-refractivity contribution in [2.24, 2.45) is 0 Å². The highest BCUT2D eigenvalue weighted by Crippen LogP contribution is 2.36. The van der Waals surface area contributed by atoms with Crippen LogP contribution in [0.1, 0.15) is 40.0 Å². The number of rotatable bonds is 7. The molecule has 0 bridgehead atoms.